The number of hydrogen-bond donors (Lipinski definition) is 1. The molecule has 0 aliphatic rings. The van der Waals surface area contributed by atoms with E-state index in [9.17, 15) is 5.11 Å². The molecular weight excluding hydrogens is 250 g/mol. The van der Waals surface area contributed by atoms with Crippen LogP contribution in [0.1, 0.15) is 17.6 Å². The molecule has 1 atom stereocenters. The van der Waals surface area contributed by atoms with Crippen molar-refractivity contribution in [3.63, 3.8) is 0 Å². The molecule has 1 heterocycles. The number of rotatable bonds is 2. The highest BCUT2D eigenvalue weighted by molar-refractivity contribution is 6.31. The number of fused-ring (bicyclic) bond motifs is 1. The van der Waals surface area contributed by atoms with Gasteiger partial charge in [0.25, 0.3) is 0 Å². The van der Waals surface area contributed by atoms with Gasteiger partial charge in [-0.25, -0.2) is 4.98 Å². The fourth-order valence-corrected chi connectivity index (χ4v) is 1.98. The lowest BCUT2D eigenvalue weighted by Crippen LogP contribution is -1.99. The summed E-state index contributed by atoms with van der Waals surface area (Å²) in [5, 5.41) is 10.8. The van der Waals surface area contributed by atoms with Crippen molar-refractivity contribution in [2.75, 3.05) is 0 Å². The molecule has 0 amide bonds. The van der Waals surface area contributed by atoms with Crippen LogP contribution < -0.4 is 0 Å². The molecule has 90 valence electrons. The number of aromatic nitrogens is 1. The van der Waals surface area contributed by atoms with Gasteiger partial charge in [0.1, 0.15) is 5.52 Å². The summed E-state index contributed by atoms with van der Waals surface area (Å²) in [6.45, 7) is 0. The van der Waals surface area contributed by atoms with E-state index in [2.05, 4.69) is 4.98 Å². The maximum atomic E-state index is 10.2. The number of aliphatic hydroxyl groups is 1. The van der Waals surface area contributed by atoms with Gasteiger partial charge in [-0.2, -0.15) is 0 Å². The highest BCUT2D eigenvalue weighted by atomic mass is 35.5. The van der Waals surface area contributed by atoms with Crippen LogP contribution in [0.25, 0.3) is 11.1 Å². The Balaban J connectivity index is 2.04. The van der Waals surface area contributed by atoms with Crippen molar-refractivity contribution < 1.29 is 9.52 Å². The van der Waals surface area contributed by atoms with Gasteiger partial charge in [0.15, 0.2) is 11.7 Å². The molecule has 0 radical (unpaired) electrons. The minimum Gasteiger partial charge on any atom is -0.437 e. The number of oxazole rings is 1. The Kier molecular flexibility index (Phi) is 2.78. The molecule has 0 aliphatic carbocycles. The van der Waals surface area contributed by atoms with Crippen LogP contribution in [0.15, 0.2) is 52.9 Å². The van der Waals surface area contributed by atoms with Crippen LogP contribution in [0.2, 0.25) is 5.02 Å². The molecule has 0 bridgehead atoms. The van der Waals surface area contributed by atoms with Gasteiger partial charge in [-0.1, -0.05) is 41.9 Å². The van der Waals surface area contributed by atoms with E-state index in [0.29, 0.717) is 16.1 Å². The SMILES string of the molecule is OC(c1ccccc1)c1nc2cc(Cl)ccc2o1. The highest BCUT2D eigenvalue weighted by Gasteiger charge is 2.17. The molecule has 0 fully saturated rings. The molecule has 1 N–H and O–H groups in total. The molecule has 0 saturated heterocycles. The molecule has 18 heavy (non-hydrogen) atoms. The van der Waals surface area contributed by atoms with Gasteiger partial charge in [0, 0.05) is 5.02 Å². The zero-order valence-electron chi connectivity index (χ0n) is 9.38. The Hall–Kier alpha value is -1.84. The van der Waals surface area contributed by atoms with Crippen LogP contribution >= 0.6 is 11.6 Å². The lowest BCUT2D eigenvalue weighted by Gasteiger charge is -2.05. The molecule has 2 aromatic carbocycles. The predicted octanol–water partition coefficient (Wildman–Crippen LogP) is 3.56. The maximum Gasteiger partial charge on any atom is 0.228 e. The second-order valence-electron chi connectivity index (χ2n) is 3.98. The molecule has 0 aliphatic heterocycles. The highest BCUT2D eigenvalue weighted by Crippen LogP contribution is 2.26. The van der Waals surface area contributed by atoms with Crippen molar-refractivity contribution >= 4 is 22.7 Å². The molecule has 0 spiro atoms. The van der Waals surface area contributed by atoms with E-state index in [1.165, 1.54) is 0 Å². The summed E-state index contributed by atoms with van der Waals surface area (Å²) in [6.07, 6.45) is -0.864. The Morgan fingerprint density at radius 3 is 2.67 bits per heavy atom. The van der Waals surface area contributed by atoms with Crippen molar-refractivity contribution in [1.29, 1.82) is 0 Å². The summed E-state index contributed by atoms with van der Waals surface area (Å²) >= 11 is 5.88. The monoisotopic (exact) mass is 259 g/mol. The van der Waals surface area contributed by atoms with E-state index in [4.69, 9.17) is 16.0 Å². The summed E-state index contributed by atoms with van der Waals surface area (Å²) in [5.41, 5.74) is 2.01. The fraction of sp³-hybridized carbons (Fsp3) is 0.0714. The lowest BCUT2D eigenvalue weighted by molar-refractivity contribution is 0.185. The molecule has 4 heteroatoms. The van der Waals surface area contributed by atoms with E-state index in [-0.39, 0.29) is 5.89 Å². The normalized spacial score (nSPS) is 12.8. The van der Waals surface area contributed by atoms with Gasteiger partial charge in [0.05, 0.1) is 0 Å². The van der Waals surface area contributed by atoms with E-state index in [1.807, 2.05) is 30.3 Å². The molecule has 3 rings (SSSR count). The molecule has 0 saturated carbocycles. The van der Waals surface area contributed by atoms with E-state index in [1.54, 1.807) is 18.2 Å². The van der Waals surface area contributed by atoms with Gasteiger partial charge < -0.3 is 9.52 Å². The average Bonchev–Trinajstić information content (AvgIpc) is 2.81. The van der Waals surface area contributed by atoms with Crippen molar-refractivity contribution in [3.05, 3.63) is 65.0 Å². The second kappa shape index (κ2) is 4.44. The third-order valence-electron chi connectivity index (χ3n) is 2.72. The van der Waals surface area contributed by atoms with Gasteiger partial charge in [-0.05, 0) is 23.8 Å². The third kappa shape index (κ3) is 1.98. The standard InChI is InChI=1S/C14H10ClNO2/c15-10-6-7-12-11(8-10)16-14(18-12)13(17)9-4-2-1-3-5-9/h1-8,13,17H. The summed E-state index contributed by atoms with van der Waals surface area (Å²) in [5.74, 6) is 0.276. The minimum atomic E-state index is -0.864. The first kappa shape index (κ1) is 11.3. The van der Waals surface area contributed by atoms with Crippen LogP contribution in [0.5, 0.6) is 0 Å². The van der Waals surface area contributed by atoms with Crippen LogP contribution in [-0.4, -0.2) is 10.1 Å². The summed E-state index contributed by atoms with van der Waals surface area (Å²) in [7, 11) is 0. The second-order valence-corrected chi connectivity index (χ2v) is 4.41. The van der Waals surface area contributed by atoms with Crippen LogP contribution in [0.4, 0.5) is 0 Å². The number of aliphatic hydroxyl groups excluding tert-OH is 1. The molecule has 1 unspecified atom stereocenters. The Morgan fingerprint density at radius 1 is 1.11 bits per heavy atom. The number of halogens is 1. The Morgan fingerprint density at radius 2 is 1.89 bits per heavy atom. The maximum absolute atomic E-state index is 10.2. The number of nitrogens with zero attached hydrogens (tertiary/aromatic N) is 1. The van der Waals surface area contributed by atoms with Gasteiger partial charge in [-0.3, -0.25) is 0 Å². The van der Waals surface area contributed by atoms with Crippen molar-refractivity contribution in [1.82, 2.24) is 4.98 Å². The molecule has 3 nitrogen and oxygen atoms in total. The smallest absolute Gasteiger partial charge is 0.228 e. The average molecular weight is 260 g/mol. The fourth-order valence-electron chi connectivity index (χ4n) is 1.81. The molecule has 1 aromatic heterocycles. The zero-order valence-corrected chi connectivity index (χ0v) is 10.1. The molecule has 3 aromatic rings. The summed E-state index contributed by atoms with van der Waals surface area (Å²) in [4.78, 5) is 4.25. The van der Waals surface area contributed by atoms with Crippen molar-refractivity contribution in [3.8, 4) is 0 Å². The van der Waals surface area contributed by atoms with Gasteiger partial charge in [-0.15, -0.1) is 0 Å². The number of benzene rings is 2. The Labute approximate surface area is 109 Å². The predicted molar refractivity (Wildman–Crippen MR) is 69.5 cm³/mol. The van der Waals surface area contributed by atoms with Crippen LogP contribution in [0, 0.1) is 0 Å². The first-order valence-corrected chi connectivity index (χ1v) is 5.91. The van der Waals surface area contributed by atoms with Gasteiger partial charge in [0.2, 0.25) is 5.89 Å². The summed E-state index contributed by atoms with van der Waals surface area (Å²) in [6, 6.07) is 14.4. The number of hydrogen-bond acceptors (Lipinski definition) is 3. The topological polar surface area (TPSA) is 46.3 Å². The van der Waals surface area contributed by atoms with Crippen molar-refractivity contribution in [2.24, 2.45) is 0 Å². The first-order valence-electron chi connectivity index (χ1n) is 5.53. The Bertz CT molecular complexity index is 679. The third-order valence-corrected chi connectivity index (χ3v) is 2.95. The van der Waals surface area contributed by atoms with Crippen LogP contribution in [0.3, 0.4) is 0 Å². The van der Waals surface area contributed by atoms with Gasteiger partial charge >= 0.3 is 0 Å². The quantitative estimate of drug-likeness (QED) is 0.765. The summed E-state index contributed by atoms with van der Waals surface area (Å²) < 4.78 is 5.52. The van der Waals surface area contributed by atoms with E-state index < -0.39 is 6.10 Å². The van der Waals surface area contributed by atoms with E-state index in [0.717, 1.165) is 5.56 Å². The minimum absolute atomic E-state index is 0.276. The van der Waals surface area contributed by atoms with Crippen molar-refractivity contribution in [2.45, 2.75) is 6.10 Å². The first-order chi connectivity index (χ1) is 8.74. The molecular formula is C14H10ClNO2. The zero-order chi connectivity index (χ0) is 12.5. The van der Waals surface area contributed by atoms with E-state index >= 15 is 0 Å². The van der Waals surface area contributed by atoms with Crippen LogP contribution in [-0.2, 0) is 0 Å². The lowest BCUT2D eigenvalue weighted by atomic mass is 10.1. The largest absolute Gasteiger partial charge is 0.437 e.